The Bertz CT molecular complexity index is 352. The lowest BCUT2D eigenvalue weighted by Crippen LogP contribution is -2.36. The van der Waals surface area contributed by atoms with Gasteiger partial charge >= 0.3 is 0 Å². The number of benzene rings is 1. The van der Waals surface area contributed by atoms with Gasteiger partial charge in [0.25, 0.3) is 0 Å². The molecule has 0 radical (unpaired) electrons. The summed E-state index contributed by atoms with van der Waals surface area (Å²) in [5.74, 6) is 0.616. The van der Waals surface area contributed by atoms with Gasteiger partial charge in [0.2, 0.25) is 0 Å². The summed E-state index contributed by atoms with van der Waals surface area (Å²) >= 11 is 0. The van der Waals surface area contributed by atoms with E-state index in [1.165, 1.54) is 11.4 Å². The van der Waals surface area contributed by atoms with Crippen LogP contribution in [0.25, 0.3) is 0 Å². The molecule has 17 heavy (non-hydrogen) atoms. The Morgan fingerprint density at radius 1 is 1.35 bits per heavy atom. The standard InChI is InChI=1S/C14H22N2O/c1-12(2)11-17-10-9-16-8-7-15-13-5-3-4-6-14(13)16/h3-6,12,15H,7-11H2,1-2H3. The highest BCUT2D eigenvalue weighted by molar-refractivity contribution is 5.71. The van der Waals surface area contributed by atoms with Crippen molar-refractivity contribution in [2.75, 3.05) is 43.1 Å². The smallest absolute Gasteiger partial charge is 0.0641 e. The molecule has 94 valence electrons. The van der Waals surface area contributed by atoms with Crippen molar-refractivity contribution in [1.29, 1.82) is 0 Å². The lowest BCUT2D eigenvalue weighted by molar-refractivity contribution is 0.115. The first-order valence-electron chi connectivity index (χ1n) is 6.43. The van der Waals surface area contributed by atoms with Crippen molar-refractivity contribution in [1.82, 2.24) is 0 Å². The van der Waals surface area contributed by atoms with Crippen molar-refractivity contribution < 1.29 is 4.74 Å². The Hall–Kier alpha value is -1.22. The highest BCUT2D eigenvalue weighted by Crippen LogP contribution is 2.27. The van der Waals surface area contributed by atoms with Gasteiger partial charge in [-0.25, -0.2) is 0 Å². The van der Waals surface area contributed by atoms with Crippen molar-refractivity contribution in [3.05, 3.63) is 24.3 Å². The second-order valence-corrected chi connectivity index (χ2v) is 4.90. The van der Waals surface area contributed by atoms with E-state index in [2.05, 4.69) is 48.3 Å². The lowest BCUT2D eigenvalue weighted by Gasteiger charge is -2.32. The van der Waals surface area contributed by atoms with Gasteiger partial charge in [0.05, 0.1) is 18.0 Å². The fourth-order valence-corrected chi connectivity index (χ4v) is 2.07. The largest absolute Gasteiger partial charge is 0.382 e. The van der Waals surface area contributed by atoms with Gasteiger partial charge in [-0.2, -0.15) is 0 Å². The third-order valence-electron chi connectivity index (χ3n) is 2.90. The molecule has 1 aromatic rings. The van der Waals surface area contributed by atoms with Crippen LogP contribution in [0.3, 0.4) is 0 Å². The van der Waals surface area contributed by atoms with Gasteiger partial charge in [-0.1, -0.05) is 26.0 Å². The van der Waals surface area contributed by atoms with Crippen molar-refractivity contribution in [2.24, 2.45) is 5.92 Å². The van der Waals surface area contributed by atoms with Gasteiger partial charge in [-0.15, -0.1) is 0 Å². The molecule has 0 aliphatic carbocycles. The number of nitrogens with zero attached hydrogens (tertiary/aromatic N) is 1. The summed E-state index contributed by atoms with van der Waals surface area (Å²) in [4.78, 5) is 2.40. The van der Waals surface area contributed by atoms with E-state index in [-0.39, 0.29) is 0 Å². The molecule has 1 aliphatic rings. The fourth-order valence-electron chi connectivity index (χ4n) is 2.07. The van der Waals surface area contributed by atoms with Crippen LogP contribution < -0.4 is 10.2 Å². The fraction of sp³-hybridized carbons (Fsp3) is 0.571. The Labute approximate surface area is 104 Å². The van der Waals surface area contributed by atoms with Crippen molar-refractivity contribution in [3.8, 4) is 0 Å². The van der Waals surface area contributed by atoms with Crippen molar-refractivity contribution in [3.63, 3.8) is 0 Å². The van der Waals surface area contributed by atoms with Crippen molar-refractivity contribution in [2.45, 2.75) is 13.8 Å². The van der Waals surface area contributed by atoms with Gasteiger partial charge in [0.15, 0.2) is 0 Å². The summed E-state index contributed by atoms with van der Waals surface area (Å²) in [5.41, 5.74) is 2.54. The lowest BCUT2D eigenvalue weighted by atomic mass is 10.2. The van der Waals surface area contributed by atoms with Crippen LogP contribution in [0, 0.1) is 5.92 Å². The molecule has 1 heterocycles. The van der Waals surface area contributed by atoms with Crippen LogP contribution in [0.4, 0.5) is 11.4 Å². The number of fused-ring (bicyclic) bond motifs is 1. The summed E-state index contributed by atoms with van der Waals surface area (Å²) in [6.45, 7) is 9.08. The third kappa shape index (κ3) is 3.37. The molecule has 0 unspecified atom stereocenters. The second-order valence-electron chi connectivity index (χ2n) is 4.90. The van der Waals surface area contributed by atoms with E-state index >= 15 is 0 Å². The van der Waals surface area contributed by atoms with Crippen LogP contribution in [0.15, 0.2) is 24.3 Å². The molecule has 3 heteroatoms. The Morgan fingerprint density at radius 3 is 3.00 bits per heavy atom. The summed E-state index contributed by atoms with van der Waals surface area (Å²) in [6, 6.07) is 8.47. The molecular weight excluding hydrogens is 212 g/mol. The molecule has 3 nitrogen and oxygen atoms in total. The highest BCUT2D eigenvalue weighted by atomic mass is 16.5. The maximum atomic E-state index is 5.65. The number of para-hydroxylation sites is 2. The van der Waals surface area contributed by atoms with Gasteiger partial charge in [-0.05, 0) is 18.1 Å². The van der Waals surface area contributed by atoms with E-state index < -0.39 is 0 Å². The molecule has 1 aliphatic heterocycles. The molecule has 0 atom stereocenters. The first-order valence-corrected chi connectivity index (χ1v) is 6.43. The molecule has 0 aromatic heterocycles. The van der Waals surface area contributed by atoms with E-state index in [0.717, 1.165) is 32.8 Å². The molecule has 2 rings (SSSR count). The molecule has 0 fully saturated rings. The van der Waals surface area contributed by atoms with Gasteiger partial charge < -0.3 is 15.0 Å². The average Bonchev–Trinajstić information content (AvgIpc) is 2.34. The molecule has 0 saturated heterocycles. The number of hydrogen-bond acceptors (Lipinski definition) is 3. The number of hydrogen-bond donors (Lipinski definition) is 1. The van der Waals surface area contributed by atoms with Gasteiger partial charge in [0.1, 0.15) is 0 Å². The predicted molar refractivity (Wildman–Crippen MR) is 72.8 cm³/mol. The molecule has 0 spiro atoms. The Balaban J connectivity index is 1.86. The number of rotatable bonds is 5. The monoisotopic (exact) mass is 234 g/mol. The topological polar surface area (TPSA) is 24.5 Å². The minimum Gasteiger partial charge on any atom is -0.382 e. The van der Waals surface area contributed by atoms with Crippen LogP contribution >= 0.6 is 0 Å². The summed E-state index contributed by atoms with van der Waals surface area (Å²) < 4.78 is 5.65. The zero-order chi connectivity index (χ0) is 12.1. The quantitative estimate of drug-likeness (QED) is 0.793. The molecule has 0 amide bonds. The van der Waals surface area contributed by atoms with Crippen LogP contribution in [0.2, 0.25) is 0 Å². The molecule has 0 saturated carbocycles. The highest BCUT2D eigenvalue weighted by Gasteiger charge is 2.14. The zero-order valence-corrected chi connectivity index (χ0v) is 10.8. The molecule has 0 bridgehead atoms. The van der Waals surface area contributed by atoms with Crippen LogP contribution in [-0.4, -0.2) is 32.8 Å². The minimum absolute atomic E-state index is 0.616. The SMILES string of the molecule is CC(C)COCCN1CCNc2ccccc21. The minimum atomic E-state index is 0.616. The summed E-state index contributed by atoms with van der Waals surface area (Å²) in [5, 5.41) is 3.42. The first kappa shape index (κ1) is 12.2. The maximum Gasteiger partial charge on any atom is 0.0641 e. The van der Waals surface area contributed by atoms with Crippen LogP contribution in [0.1, 0.15) is 13.8 Å². The first-order chi connectivity index (χ1) is 8.27. The van der Waals surface area contributed by atoms with E-state index in [4.69, 9.17) is 4.74 Å². The van der Waals surface area contributed by atoms with Gasteiger partial charge in [0, 0.05) is 26.2 Å². The predicted octanol–water partition coefficient (Wildman–Crippen LogP) is 2.59. The molecule has 1 N–H and O–H groups in total. The second kappa shape index (κ2) is 5.92. The Morgan fingerprint density at radius 2 is 2.18 bits per heavy atom. The molecular formula is C14H22N2O. The average molecular weight is 234 g/mol. The van der Waals surface area contributed by atoms with Crippen LogP contribution in [0.5, 0.6) is 0 Å². The van der Waals surface area contributed by atoms with E-state index in [9.17, 15) is 0 Å². The van der Waals surface area contributed by atoms with E-state index in [0.29, 0.717) is 5.92 Å². The van der Waals surface area contributed by atoms with E-state index in [1.54, 1.807) is 0 Å². The third-order valence-corrected chi connectivity index (χ3v) is 2.90. The van der Waals surface area contributed by atoms with Gasteiger partial charge in [-0.3, -0.25) is 0 Å². The Kier molecular flexibility index (Phi) is 4.26. The number of anilines is 2. The number of nitrogens with one attached hydrogen (secondary N) is 1. The summed E-state index contributed by atoms with van der Waals surface area (Å²) in [7, 11) is 0. The maximum absolute atomic E-state index is 5.65. The number of ether oxygens (including phenoxy) is 1. The summed E-state index contributed by atoms with van der Waals surface area (Å²) in [6.07, 6.45) is 0. The zero-order valence-electron chi connectivity index (χ0n) is 10.8. The van der Waals surface area contributed by atoms with E-state index in [1.807, 2.05) is 0 Å². The van der Waals surface area contributed by atoms with Crippen LogP contribution in [-0.2, 0) is 4.74 Å². The van der Waals surface area contributed by atoms with Crippen molar-refractivity contribution >= 4 is 11.4 Å². The molecule has 1 aromatic carbocycles. The normalized spacial score (nSPS) is 14.6.